The van der Waals surface area contributed by atoms with Crippen molar-refractivity contribution in [2.45, 2.75) is 38.6 Å². The van der Waals surface area contributed by atoms with Crippen molar-refractivity contribution in [3.8, 4) is 0 Å². The zero-order valence-electron chi connectivity index (χ0n) is 10.9. The summed E-state index contributed by atoms with van der Waals surface area (Å²) in [4.78, 5) is 23.0. The van der Waals surface area contributed by atoms with Gasteiger partial charge in [-0.25, -0.2) is 9.97 Å². The third-order valence-electron chi connectivity index (χ3n) is 3.10. The smallest absolute Gasteiger partial charge is 0.252 e. The third-order valence-corrected chi connectivity index (χ3v) is 3.10. The Morgan fingerprint density at radius 1 is 1.53 bits per heavy atom. The average Bonchev–Trinajstić information content (AvgIpc) is 3.11. The predicted molar refractivity (Wildman–Crippen MR) is 70.1 cm³/mol. The molecule has 0 bridgehead atoms. The van der Waals surface area contributed by atoms with E-state index in [2.05, 4.69) is 20.3 Å². The number of aryl methyl sites for hydroxylation is 1. The minimum atomic E-state index is -0.130. The van der Waals surface area contributed by atoms with Gasteiger partial charge < -0.3 is 14.7 Å². The van der Waals surface area contributed by atoms with Gasteiger partial charge in [0, 0.05) is 12.0 Å². The van der Waals surface area contributed by atoms with Gasteiger partial charge in [-0.15, -0.1) is 0 Å². The highest BCUT2D eigenvalue weighted by Gasteiger charge is 2.26. The second-order valence-electron chi connectivity index (χ2n) is 4.97. The number of nitrogens with zero attached hydrogens (tertiary/aromatic N) is 2. The molecule has 19 heavy (non-hydrogen) atoms. The molecule has 1 aliphatic rings. The fourth-order valence-electron chi connectivity index (χ4n) is 1.96. The summed E-state index contributed by atoms with van der Waals surface area (Å²) in [5.74, 6) is 3.10. The van der Waals surface area contributed by atoms with Crippen molar-refractivity contribution < 1.29 is 4.42 Å². The second-order valence-corrected chi connectivity index (χ2v) is 4.97. The van der Waals surface area contributed by atoms with Crippen molar-refractivity contribution in [3.63, 3.8) is 0 Å². The quantitative estimate of drug-likeness (QED) is 0.879. The van der Waals surface area contributed by atoms with E-state index in [1.54, 1.807) is 6.20 Å². The van der Waals surface area contributed by atoms with Crippen LogP contribution in [0.2, 0.25) is 0 Å². The summed E-state index contributed by atoms with van der Waals surface area (Å²) >= 11 is 0. The number of nitrogens with one attached hydrogen (secondary N) is 2. The number of aromatic nitrogens is 3. The molecule has 2 aromatic heterocycles. The maximum atomic E-state index is 11.6. The van der Waals surface area contributed by atoms with E-state index in [0.29, 0.717) is 17.6 Å². The third kappa shape index (κ3) is 2.67. The standard InChI is InChI=1S/C13H16N4O2/c1-7-6-14-13(19-7)8(2)15-10-5-11(18)17-12(16-10)9-3-4-9/h5-6,8-9H,3-4H2,1-2H3,(H2,15,16,17,18). The van der Waals surface area contributed by atoms with Gasteiger partial charge in [0.05, 0.1) is 6.20 Å². The highest BCUT2D eigenvalue weighted by molar-refractivity contribution is 5.35. The van der Waals surface area contributed by atoms with Crippen LogP contribution in [0.3, 0.4) is 0 Å². The van der Waals surface area contributed by atoms with Gasteiger partial charge in [0.2, 0.25) is 5.89 Å². The van der Waals surface area contributed by atoms with Crippen molar-refractivity contribution in [2.75, 3.05) is 5.32 Å². The number of rotatable bonds is 4. The van der Waals surface area contributed by atoms with Crippen molar-refractivity contribution in [1.82, 2.24) is 15.0 Å². The minimum Gasteiger partial charge on any atom is -0.444 e. The summed E-state index contributed by atoms with van der Waals surface area (Å²) in [7, 11) is 0. The Morgan fingerprint density at radius 3 is 2.95 bits per heavy atom. The van der Waals surface area contributed by atoms with E-state index in [0.717, 1.165) is 24.4 Å². The molecule has 3 rings (SSSR count). The van der Waals surface area contributed by atoms with E-state index < -0.39 is 0 Å². The molecular weight excluding hydrogens is 244 g/mol. The molecule has 100 valence electrons. The maximum absolute atomic E-state index is 11.6. The van der Waals surface area contributed by atoms with Crippen LogP contribution < -0.4 is 10.9 Å². The summed E-state index contributed by atoms with van der Waals surface area (Å²) in [6.45, 7) is 3.77. The van der Waals surface area contributed by atoms with E-state index >= 15 is 0 Å². The van der Waals surface area contributed by atoms with Crippen LogP contribution in [-0.2, 0) is 0 Å². The molecular formula is C13H16N4O2. The maximum Gasteiger partial charge on any atom is 0.252 e. The van der Waals surface area contributed by atoms with E-state index in [-0.39, 0.29) is 11.6 Å². The van der Waals surface area contributed by atoms with Crippen LogP contribution in [0.15, 0.2) is 21.5 Å². The lowest BCUT2D eigenvalue weighted by molar-refractivity contribution is 0.453. The Balaban J connectivity index is 1.80. The van der Waals surface area contributed by atoms with Gasteiger partial charge in [-0.3, -0.25) is 4.79 Å². The molecule has 1 atom stereocenters. The number of hydrogen-bond donors (Lipinski definition) is 2. The summed E-state index contributed by atoms with van der Waals surface area (Å²) in [6.07, 6.45) is 3.87. The van der Waals surface area contributed by atoms with Crippen LogP contribution in [-0.4, -0.2) is 15.0 Å². The first kappa shape index (κ1) is 12.0. The molecule has 2 aromatic rings. The van der Waals surface area contributed by atoms with Crippen LogP contribution in [0.5, 0.6) is 0 Å². The number of oxazole rings is 1. The van der Waals surface area contributed by atoms with Crippen molar-refractivity contribution >= 4 is 5.82 Å². The number of H-pyrrole nitrogens is 1. The molecule has 1 fully saturated rings. The Kier molecular flexibility index (Phi) is 2.85. The van der Waals surface area contributed by atoms with Crippen molar-refractivity contribution in [1.29, 1.82) is 0 Å². The predicted octanol–water partition coefficient (Wildman–Crippen LogP) is 2.12. The topological polar surface area (TPSA) is 83.8 Å². The van der Waals surface area contributed by atoms with Gasteiger partial charge in [-0.2, -0.15) is 0 Å². The fraction of sp³-hybridized carbons (Fsp3) is 0.462. The van der Waals surface area contributed by atoms with Crippen LogP contribution in [0.25, 0.3) is 0 Å². The summed E-state index contributed by atoms with van der Waals surface area (Å²) < 4.78 is 5.45. The number of hydrogen-bond acceptors (Lipinski definition) is 5. The highest BCUT2D eigenvalue weighted by Crippen LogP contribution is 2.37. The largest absolute Gasteiger partial charge is 0.444 e. The Hall–Kier alpha value is -2.11. The Morgan fingerprint density at radius 2 is 2.32 bits per heavy atom. The first-order valence-electron chi connectivity index (χ1n) is 6.42. The van der Waals surface area contributed by atoms with Gasteiger partial charge in [-0.05, 0) is 26.7 Å². The van der Waals surface area contributed by atoms with Crippen molar-refractivity contribution in [2.24, 2.45) is 0 Å². The molecule has 1 saturated carbocycles. The summed E-state index contributed by atoms with van der Waals surface area (Å²) in [6, 6.07) is 1.33. The molecule has 2 heterocycles. The highest BCUT2D eigenvalue weighted by atomic mass is 16.4. The van der Waals surface area contributed by atoms with Gasteiger partial charge in [0.25, 0.3) is 5.56 Å². The molecule has 0 aliphatic heterocycles. The fourth-order valence-corrected chi connectivity index (χ4v) is 1.96. The summed E-state index contributed by atoms with van der Waals surface area (Å²) in [5, 5.41) is 3.15. The second kappa shape index (κ2) is 4.53. The SMILES string of the molecule is Cc1cnc(C(C)Nc2cc(=O)[nH]c(C3CC3)n2)o1. The zero-order chi connectivity index (χ0) is 13.4. The molecule has 0 aromatic carbocycles. The van der Waals surface area contributed by atoms with E-state index in [9.17, 15) is 4.79 Å². The van der Waals surface area contributed by atoms with Crippen LogP contribution in [0, 0.1) is 6.92 Å². The lowest BCUT2D eigenvalue weighted by atomic mass is 10.3. The number of anilines is 1. The first-order valence-corrected chi connectivity index (χ1v) is 6.42. The molecule has 1 aliphatic carbocycles. The van der Waals surface area contributed by atoms with Crippen LogP contribution in [0.1, 0.15) is 49.2 Å². The molecule has 1 unspecified atom stereocenters. The van der Waals surface area contributed by atoms with Crippen LogP contribution >= 0.6 is 0 Å². The molecule has 0 radical (unpaired) electrons. The Bertz CT molecular complexity index is 642. The van der Waals surface area contributed by atoms with Gasteiger partial charge in [0.15, 0.2) is 0 Å². The van der Waals surface area contributed by atoms with Crippen molar-refractivity contribution in [3.05, 3.63) is 40.1 Å². The lowest BCUT2D eigenvalue weighted by Gasteiger charge is -2.11. The first-order chi connectivity index (χ1) is 9.11. The normalized spacial score (nSPS) is 16.3. The lowest BCUT2D eigenvalue weighted by Crippen LogP contribution is -2.15. The average molecular weight is 260 g/mol. The number of aromatic amines is 1. The van der Waals surface area contributed by atoms with Gasteiger partial charge >= 0.3 is 0 Å². The van der Waals surface area contributed by atoms with Gasteiger partial charge in [0.1, 0.15) is 23.4 Å². The van der Waals surface area contributed by atoms with E-state index in [1.807, 2.05) is 13.8 Å². The zero-order valence-corrected chi connectivity index (χ0v) is 10.9. The van der Waals surface area contributed by atoms with E-state index in [4.69, 9.17) is 4.42 Å². The summed E-state index contributed by atoms with van der Waals surface area (Å²) in [5.41, 5.74) is -0.129. The monoisotopic (exact) mass is 260 g/mol. The molecule has 0 spiro atoms. The molecule has 0 amide bonds. The molecule has 6 heteroatoms. The molecule has 2 N–H and O–H groups in total. The Labute approximate surface area is 110 Å². The minimum absolute atomic E-state index is 0.129. The van der Waals surface area contributed by atoms with Gasteiger partial charge in [-0.1, -0.05) is 0 Å². The van der Waals surface area contributed by atoms with Crippen LogP contribution in [0.4, 0.5) is 5.82 Å². The molecule has 6 nitrogen and oxygen atoms in total. The molecule has 0 saturated heterocycles. The van der Waals surface area contributed by atoms with E-state index in [1.165, 1.54) is 6.07 Å².